The molecule has 4 amide bonds. The first-order valence-electron chi connectivity index (χ1n) is 46.4. The van der Waals surface area contributed by atoms with Gasteiger partial charge in [-0.2, -0.15) is 30.4 Å². The van der Waals surface area contributed by atoms with Crippen LogP contribution in [0.3, 0.4) is 0 Å². The van der Waals surface area contributed by atoms with E-state index in [2.05, 4.69) is 98.9 Å². The van der Waals surface area contributed by atoms with Crippen LogP contribution >= 0.6 is 0 Å². The number of carbonyl (C=O) groups excluding carboxylic acids is 4. The number of H-pyrrole nitrogens is 2. The second-order valence-electron chi connectivity index (χ2n) is 36.5. The SMILES string of the molecule is CC1CCN(c2nc(-c3ccc(OC(C)C)nc3)ccc2C(=O)NS(=O)(=O)c2ccn[nH]2)CC1.CCOc1ccc(-c2ccc(C(=O)NS(=O)(=O)c3cccc(N)n3)c(N3CC(C)CC3(C)C)n2)c(C)c1.C[C@@H]1CC[C@H](C)N1c1nc(-c2cc(F)cc(OCC3CC3)c2)ccc1C(=O)NS(=O)(=O)c1ccc[nH]c1=O.Cc1ccc(C(=O)NS(=O)(=O)c2cccc(N)n2)c(N2CCC[C@@H](c3ccccc3)C2)n1. The van der Waals surface area contributed by atoms with E-state index >= 15 is 0 Å². The zero-order valence-electron chi connectivity index (χ0n) is 80.0. The number of aryl methyl sites for hydroxylation is 2. The predicted octanol–water partition coefficient (Wildman–Crippen LogP) is 13.9. The summed E-state index contributed by atoms with van der Waals surface area (Å²) in [5.41, 5.74) is 17.6. The number of amides is 4. The van der Waals surface area contributed by atoms with E-state index in [1.807, 2.05) is 105 Å². The van der Waals surface area contributed by atoms with E-state index < -0.39 is 80.0 Å². The Morgan fingerprint density at radius 3 is 1.69 bits per heavy atom. The van der Waals surface area contributed by atoms with Crippen LogP contribution in [0, 0.1) is 37.4 Å². The van der Waals surface area contributed by atoms with Crippen LogP contribution in [0.4, 0.5) is 39.3 Å². The number of hydrogen-bond donors (Lipinski definition) is 8. The third kappa shape index (κ3) is 25.7. The Balaban J connectivity index is 0.000000150. The second-order valence-corrected chi connectivity index (χ2v) is 43.1. The molecule has 9 aromatic heterocycles. The summed E-state index contributed by atoms with van der Waals surface area (Å²) in [7, 11) is -16.9. The Labute approximate surface area is 819 Å². The van der Waals surface area contributed by atoms with Crippen molar-refractivity contribution in [3.8, 4) is 51.2 Å². The number of halogens is 1. The van der Waals surface area contributed by atoms with Crippen LogP contribution in [0.5, 0.6) is 17.4 Å². The average Bonchev–Trinajstić information content (AvgIpc) is 1.68. The molecule has 1 aliphatic carbocycles. The summed E-state index contributed by atoms with van der Waals surface area (Å²) < 4.78 is 142. The van der Waals surface area contributed by atoms with Crippen molar-refractivity contribution in [1.82, 2.24) is 69.0 Å². The van der Waals surface area contributed by atoms with Crippen molar-refractivity contribution in [2.24, 2.45) is 17.8 Å². The highest BCUT2D eigenvalue weighted by molar-refractivity contribution is 7.91. The Bertz CT molecular complexity index is 7110. The predicted molar refractivity (Wildman–Crippen MR) is 534 cm³/mol. The summed E-state index contributed by atoms with van der Waals surface area (Å²) in [6.45, 7) is 26.9. The molecule has 4 saturated heterocycles. The molecule has 12 aromatic rings. The molecule has 36 nitrogen and oxygen atoms in total. The van der Waals surface area contributed by atoms with E-state index in [0.717, 1.165) is 112 Å². The lowest BCUT2D eigenvalue weighted by atomic mass is 9.90. The van der Waals surface area contributed by atoms with Crippen LogP contribution < -0.4 is 69.7 Å². The third-order valence-corrected chi connectivity index (χ3v) is 29.6. The first-order chi connectivity index (χ1) is 67.1. The van der Waals surface area contributed by atoms with Gasteiger partial charge in [-0.15, -0.1) is 0 Å². The van der Waals surface area contributed by atoms with E-state index in [1.54, 1.807) is 60.8 Å². The highest BCUT2D eigenvalue weighted by Crippen LogP contribution is 2.42. The third-order valence-electron chi connectivity index (χ3n) is 24.5. The number of rotatable bonds is 27. The number of sulfonamides is 4. The highest BCUT2D eigenvalue weighted by Gasteiger charge is 2.41. The highest BCUT2D eigenvalue weighted by atomic mass is 32.2. The Morgan fingerprint density at radius 1 is 0.539 bits per heavy atom. The Kier molecular flexibility index (Phi) is 32.0. The molecular formula is C100H115FN20O16S4. The molecular weight excluding hydrogens is 1880 g/mol. The molecule has 10 N–H and O–H groups in total. The van der Waals surface area contributed by atoms with Crippen LogP contribution in [-0.4, -0.2) is 177 Å². The van der Waals surface area contributed by atoms with E-state index in [9.17, 15) is 62.0 Å². The van der Waals surface area contributed by atoms with Crippen LogP contribution in [0.15, 0.2) is 225 Å². The molecule has 5 aliphatic rings. The maximum Gasteiger partial charge on any atom is 0.281 e. The molecule has 0 radical (unpaired) electrons. The van der Waals surface area contributed by atoms with Gasteiger partial charge in [0.05, 0.1) is 64.9 Å². The minimum absolute atomic E-state index is 0.0143. The van der Waals surface area contributed by atoms with Crippen molar-refractivity contribution in [3.05, 3.63) is 256 Å². The van der Waals surface area contributed by atoms with Crippen LogP contribution in [-0.2, 0) is 40.1 Å². The summed E-state index contributed by atoms with van der Waals surface area (Å²) in [6, 6.07) is 49.3. The van der Waals surface area contributed by atoms with Crippen LogP contribution in [0.2, 0.25) is 0 Å². The van der Waals surface area contributed by atoms with Crippen molar-refractivity contribution < 1.29 is 71.5 Å². The molecule has 0 spiro atoms. The minimum Gasteiger partial charge on any atom is -0.494 e. The number of aromatic nitrogens is 10. The zero-order chi connectivity index (χ0) is 101. The lowest BCUT2D eigenvalue weighted by molar-refractivity contribution is 0.0972. The number of ether oxygens (including phenoxy) is 3. The summed E-state index contributed by atoms with van der Waals surface area (Å²) in [6.07, 6.45) is 13.1. The molecule has 5 fully saturated rings. The number of nitrogens with one attached hydrogen (secondary N) is 6. The molecule has 4 aliphatic heterocycles. The fraction of sp³-hybridized carbons (Fsp3) is 0.350. The molecule has 17 rings (SSSR count). The fourth-order valence-electron chi connectivity index (χ4n) is 17.3. The van der Waals surface area contributed by atoms with Gasteiger partial charge in [-0.3, -0.25) is 29.1 Å². The van der Waals surface area contributed by atoms with E-state index in [-0.39, 0.29) is 72.7 Å². The number of nitrogen functional groups attached to an aromatic ring is 2. The summed E-state index contributed by atoms with van der Waals surface area (Å²) in [4.78, 5) is 106. The van der Waals surface area contributed by atoms with Gasteiger partial charge < -0.3 is 50.3 Å². The molecule has 141 heavy (non-hydrogen) atoms. The molecule has 742 valence electrons. The molecule has 4 atom stereocenters. The van der Waals surface area contributed by atoms with Gasteiger partial charge in [0.15, 0.2) is 20.0 Å². The number of anilines is 6. The van der Waals surface area contributed by atoms with Crippen LogP contribution in [0.1, 0.15) is 184 Å². The summed E-state index contributed by atoms with van der Waals surface area (Å²) >= 11 is 0. The van der Waals surface area contributed by atoms with Crippen molar-refractivity contribution in [3.63, 3.8) is 0 Å². The summed E-state index contributed by atoms with van der Waals surface area (Å²) in [5, 5.41) is 5.19. The number of carbonyl (C=O) groups is 4. The van der Waals surface area contributed by atoms with Gasteiger partial charge in [-0.05, 0) is 276 Å². The van der Waals surface area contributed by atoms with Crippen LogP contribution in [0.25, 0.3) is 33.8 Å². The van der Waals surface area contributed by atoms with Gasteiger partial charge in [-0.25, -0.2) is 66.6 Å². The van der Waals surface area contributed by atoms with Crippen molar-refractivity contribution in [1.29, 1.82) is 0 Å². The Hall–Kier alpha value is -14.3. The van der Waals surface area contributed by atoms with Crippen molar-refractivity contribution >= 4 is 98.6 Å². The van der Waals surface area contributed by atoms with Crippen molar-refractivity contribution in [2.75, 3.05) is 77.0 Å². The molecule has 0 bridgehead atoms. The lowest BCUT2D eigenvalue weighted by Gasteiger charge is -2.35. The molecule has 1 unspecified atom stereocenters. The minimum atomic E-state index is -4.44. The molecule has 3 aromatic carbocycles. The number of nitrogens with two attached hydrogens (primary N) is 2. The number of piperidine rings is 2. The number of hydrogen-bond acceptors (Lipinski definition) is 30. The van der Waals surface area contributed by atoms with Gasteiger partial charge >= 0.3 is 0 Å². The van der Waals surface area contributed by atoms with Gasteiger partial charge in [0.2, 0.25) is 5.88 Å². The summed E-state index contributed by atoms with van der Waals surface area (Å²) in [5.74, 6) is 1.55. The van der Waals surface area contributed by atoms with Gasteiger partial charge in [0.1, 0.15) is 52.2 Å². The largest absolute Gasteiger partial charge is 0.494 e. The first kappa shape index (κ1) is 103. The normalized spacial score (nSPS) is 17.0. The Morgan fingerprint density at radius 2 is 1.12 bits per heavy atom. The zero-order valence-corrected chi connectivity index (χ0v) is 83.2. The number of benzene rings is 3. The van der Waals surface area contributed by atoms with E-state index in [0.29, 0.717) is 108 Å². The van der Waals surface area contributed by atoms with E-state index in [4.69, 9.17) is 40.6 Å². The first-order valence-corrected chi connectivity index (χ1v) is 52.4. The standard InChI is InChI=1S/C27H29FN4O5S.C27H33N5O4S.C23H28N6O4S.C23H25N5O3S/c1-16-5-6-17(2)32(16)25-22(26(33)31-38(35,36)24-4-3-11-29-27(24)34)9-10-23(30-25)19-12-20(28)14-21(13-19)37-15-18-7-8-18;1-6-36-19-10-11-20(18(3)14-19)22-13-12-21(25(29-22)32-16-17(2)15-27(32,4)5)26(33)31-37(34,35)24-9-7-8-23(28)30-24;1-15(2)33-20-7-4-17(14-24-20)19-6-5-18(22(26-19)29-12-9-16(3)10-13-29)23(30)28-34(31,32)21-8-11-25-27-21;1-16-12-13-19(23(29)27-32(30,31)21-11-5-10-20(24)26-21)22(25-16)28-14-6-9-18(15-28)17-7-3-2-4-8-17/h3-4,9-14,16-18H,5-8,15H2,1-2H3,(H,29,34)(H,31,33);7-14,17H,6,15-16H2,1-5H3,(H2,28,30)(H,31,33);4-8,11,14-16H,9-10,12-13H2,1-3H3,(H,25,27)(H,28,30);2-5,7-8,10-13,18H,6,9,14-15H2,1H3,(H2,24,26)(H,27,29)/t16-,17+;;;18-/m...1/s1. The molecule has 1 saturated carbocycles. The number of pyridine rings is 8. The van der Waals surface area contributed by atoms with E-state index in [1.165, 1.54) is 84.7 Å². The average molecular weight is 2000 g/mol. The lowest BCUT2D eigenvalue weighted by Crippen LogP contribution is -2.41. The van der Waals surface area contributed by atoms with Gasteiger partial charge in [0, 0.05) is 103 Å². The maximum absolute atomic E-state index is 14.5. The fourth-order valence-corrected chi connectivity index (χ4v) is 21.1. The molecule has 13 heterocycles. The van der Waals surface area contributed by atoms with Crippen molar-refractivity contribution in [2.45, 2.75) is 184 Å². The van der Waals surface area contributed by atoms with Gasteiger partial charge in [0.25, 0.3) is 69.3 Å². The second kappa shape index (κ2) is 44.0. The number of nitrogens with zero attached hydrogens (tertiary/aromatic N) is 12. The van der Waals surface area contributed by atoms with Gasteiger partial charge in [-0.1, -0.05) is 56.3 Å². The monoisotopic (exact) mass is 2000 g/mol. The maximum atomic E-state index is 14.5. The molecule has 41 heteroatoms. The quantitative estimate of drug-likeness (QED) is 0.0237. The smallest absolute Gasteiger partial charge is 0.281 e. The number of aromatic amines is 2. The topological polar surface area (TPSA) is 497 Å².